The molecule has 0 spiro atoms. The van der Waals surface area contributed by atoms with Gasteiger partial charge in [0.25, 0.3) is 0 Å². The average molecular weight is 268 g/mol. The highest BCUT2D eigenvalue weighted by molar-refractivity contribution is 7.10. The van der Waals surface area contributed by atoms with Gasteiger partial charge in [-0.05, 0) is 36.1 Å². The van der Waals surface area contributed by atoms with Gasteiger partial charge in [-0.15, -0.1) is 11.3 Å². The van der Waals surface area contributed by atoms with E-state index in [4.69, 9.17) is 22.1 Å². The van der Waals surface area contributed by atoms with Crippen LogP contribution in [-0.4, -0.2) is 6.61 Å². The highest BCUT2D eigenvalue weighted by Crippen LogP contribution is 2.31. The molecule has 1 atom stereocenters. The van der Waals surface area contributed by atoms with E-state index in [0.29, 0.717) is 6.61 Å². The molecule has 17 heavy (non-hydrogen) atoms. The first kappa shape index (κ1) is 12.4. The van der Waals surface area contributed by atoms with Crippen molar-refractivity contribution in [2.24, 2.45) is 5.73 Å². The second-order valence-electron chi connectivity index (χ2n) is 3.61. The Balaban J connectivity index is 2.20. The quantitative estimate of drug-likeness (QED) is 0.913. The summed E-state index contributed by atoms with van der Waals surface area (Å²) in [6, 6.07) is 9.52. The lowest BCUT2D eigenvalue weighted by atomic mass is 10.1. The Labute approximate surface area is 110 Å². The van der Waals surface area contributed by atoms with E-state index in [-0.39, 0.29) is 6.04 Å². The van der Waals surface area contributed by atoms with Crippen molar-refractivity contribution >= 4 is 22.9 Å². The third-order valence-corrected chi connectivity index (χ3v) is 3.92. The third kappa shape index (κ3) is 2.80. The van der Waals surface area contributed by atoms with Crippen LogP contribution in [-0.2, 0) is 0 Å². The summed E-state index contributed by atoms with van der Waals surface area (Å²) in [5.41, 5.74) is 7.21. The number of hydrogen-bond acceptors (Lipinski definition) is 3. The van der Waals surface area contributed by atoms with Crippen molar-refractivity contribution < 1.29 is 4.74 Å². The van der Waals surface area contributed by atoms with Crippen LogP contribution in [0, 0.1) is 0 Å². The molecule has 2 N–H and O–H groups in total. The number of ether oxygens (including phenoxy) is 1. The molecular formula is C13H14ClNOS. The molecule has 2 nitrogen and oxygen atoms in total. The molecule has 1 aromatic carbocycles. The van der Waals surface area contributed by atoms with Crippen molar-refractivity contribution in [1.82, 2.24) is 0 Å². The highest BCUT2D eigenvalue weighted by Gasteiger charge is 2.13. The van der Waals surface area contributed by atoms with Crippen LogP contribution in [0.2, 0.25) is 5.02 Å². The number of benzene rings is 1. The van der Waals surface area contributed by atoms with Gasteiger partial charge in [0.2, 0.25) is 0 Å². The Bertz CT molecular complexity index is 480. The van der Waals surface area contributed by atoms with Crippen LogP contribution < -0.4 is 10.5 Å². The van der Waals surface area contributed by atoms with Crippen LogP contribution in [0.15, 0.2) is 35.7 Å². The molecule has 2 aromatic rings. The smallest absolute Gasteiger partial charge is 0.119 e. The molecule has 0 amide bonds. The number of nitrogens with two attached hydrogens (primary N) is 1. The van der Waals surface area contributed by atoms with Crippen LogP contribution >= 0.6 is 22.9 Å². The lowest BCUT2D eigenvalue weighted by molar-refractivity contribution is 0.340. The molecule has 1 heterocycles. The summed E-state index contributed by atoms with van der Waals surface area (Å²) in [4.78, 5) is 0.996. The van der Waals surface area contributed by atoms with E-state index in [9.17, 15) is 0 Å². The average Bonchev–Trinajstić information content (AvgIpc) is 2.76. The maximum atomic E-state index is 6.17. The molecule has 0 bridgehead atoms. The molecule has 90 valence electrons. The molecule has 0 fully saturated rings. The Kier molecular flexibility index (Phi) is 4.05. The van der Waals surface area contributed by atoms with Gasteiger partial charge in [-0.2, -0.15) is 0 Å². The summed E-state index contributed by atoms with van der Waals surface area (Å²) in [6.07, 6.45) is 0. The van der Waals surface area contributed by atoms with Gasteiger partial charge in [0, 0.05) is 4.88 Å². The van der Waals surface area contributed by atoms with Gasteiger partial charge in [-0.1, -0.05) is 23.7 Å². The molecular weight excluding hydrogens is 254 g/mol. The maximum Gasteiger partial charge on any atom is 0.119 e. The van der Waals surface area contributed by atoms with E-state index < -0.39 is 0 Å². The predicted molar refractivity (Wildman–Crippen MR) is 73.0 cm³/mol. The molecule has 1 unspecified atom stereocenters. The molecule has 1 aromatic heterocycles. The van der Waals surface area contributed by atoms with Gasteiger partial charge < -0.3 is 10.5 Å². The molecule has 0 saturated carbocycles. The maximum absolute atomic E-state index is 6.17. The van der Waals surface area contributed by atoms with Gasteiger partial charge in [-0.3, -0.25) is 0 Å². The van der Waals surface area contributed by atoms with E-state index >= 15 is 0 Å². The molecule has 4 heteroatoms. The molecule has 0 radical (unpaired) electrons. The fourth-order valence-electron chi connectivity index (χ4n) is 1.62. The predicted octanol–water partition coefficient (Wildman–Crippen LogP) is 3.85. The van der Waals surface area contributed by atoms with Crippen molar-refractivity contribution in [2.45, 2.75) is 13.0 Å². The summed E-state index contributed by atoms with van der Waals surface area (Å²) < 4.78 is 5.39. The zero-order valence-electron chi connectivity index (χ0n) is 9.52. The van der Waals surface area contributed by atoms with Crippen molar-refractivity contribution in [3.63, 3.8) is 0 Å². The van der Waals surface area contributed by atoms with E-state index in [1.165, 1.54) is 0 Å². The van der Waals surface area contributed by atoms with Crippen molar-refractivity contribution in [2.75, 3.05) is 6.61 Å². The van der Waals surface area contributed by atoms with Crippen LogP contribution in [0.1, 0.15) is 23.4 Å². The van der Waals surface area contributed by atoms with Crippen LogP contribution in [0.4, 0.5) is 0 Å². The Hall–Kier alpha value is -1.03. The number of halogens is 1. The molecule has 2 rings (SSSR count). The Morgan fingerprint density at radius 2 is 2.00 bits per heavy atom. The van der Waals surface area contributed by atoms with Crippen molar-refractivity contribution in [1.29, 1.82) is 0 Å². The van der Waals surface area contributed by atoms with Gasteiger partial charge in [0.1, 0.15) is 5.75 Å². The first-order valence-corrected chi connectivity index (χ1v) is 6.69. The van der Waals surface area contributed by atoms with Crippen molar-refractivity contribution in [3.8, 4) is 5.75 Å². The number of hydrogen-bond donors (Lipinski definition) is 1. The van der Waals surface area contributed by atoms with E-state index in [0.717, 1.165) is 21.2 Å². The number of thiophene rings is 1. The number of rotatable bonds is 4. The van der Waals surface area contributed by atoms with Crippen LogP contribution in [0.5, 0.6) is 5.75 Å². The minimum absolute atomic E-state index is 0.168. The third-order valence-electron chi connectivity index (χ3n) is 2.48. The zero-order chi connectivity index (χ0) is 12.3. The molecule has 0 saturated heterocycles. The van der Waals surface area contributed by atoms with Gasteiger partial charge in [0.15, 0.2) is 0 Å². The topological polar surface area (TPSA) is 35.2 Å². The SMILES string of the molecule is CCOc1ccc(C(N)c2sccc2Cl)cc1. The zero-order valence-corrected chi connectivity index (χ0v) is 11.1. The van der Waals surface area contributed by atoms with Gasteiger partial charge in [-0.25, -0.2) is 0 Å². The highest BCUT2D eigenvalue weighted by atomic mass is 35.5. The molecule has 0 aliphatic heterocycles. The van der Waals surface area contributed by atoms with E-state index in [1.807, 2.05) is 42.6 Å². The summed E-state index contributed by atoms with van der Waals surface area (Å²) in [7, 11) is 0. The second kappa shape index (κ2) is 5.54. The monoisotopic (exact) mass is 267 g/mol. The Morgan fingerprint density at radius 3 is 2.53 bits per heavy atom. The first-order valence-electron chi connectivity index (χ1n) is 5.43. The lowest BCUT2D eigenvalue weighted by Crippen LogP contribution is -2.10. The second-order valence-corrected chi connectivity index (χ2v) is 4.97. The normalized spacial score (nSPS) is 12.4. The fourth-order valence-corrected chi connectivity index (χ4v) is 2.82. The fraction of sp³-hybridized carbons (Fsp3) is 0.231. The van der Waals surface area contributed by atoms with E-state index in [2.05, 4.69) is 0 Å². The molecule has 0 aliphatic carbocycles. The summed E-state index contributed by atoms with van der Waals surface area (Å²) >= 11 is 7.65. The first-order chi connectivity index (χ1) is 8.22. The van der Waals surface area contributed by atoms with Gasteiger partial charge in [0.05, 0.1) is 17.7 Å². The minimum atomic E-state index is -0.168. The summed E-state index contributed by atoms with van der Waals surface area (Å²) in [6.45, 7) is 2.63. The van der Waals surface area contributed by atoms with Gasteiger partial charge >= 0.3 is 0 Å². The van der Waals surface area contributed by atoms with Crippen LogP contribution in [0.3, 0.4) is 0 Å². The van der Waals surface area contributed by atoms with Crippen LogP contribution in [0.25, 0.3) is 0 Å². The summed E-state index contributed by atoms with van der Waals surface area (Å²) in [5.74, 6) is 0.862. The lowest BCUT2D eigenvalue weighted by Gasteiger charge is -2.11. The largest absolute Gasteiger partial charge is 0.494 e. The van der Waals surface area contributed by atoms with E-state index in [1.54, 1.807) is 11.3 Å². The minimum Gasteiger partial charge on any atom is -0.494 e. The summed E-state index contributed by atoms with van der Waals surface area (Å²) in [5, 5.41) is 2.68. The Morgan fingerprint density at radius 1 is 1.29 bits per heavy atom. The standard InChI is InChI=1S/C13H14ClNOS/c1-2-16-10-5-3-9(4-6-10)12(15)13-11(14)7-8-17-13/h3-8,12H,2,15H2,1H3. The van der Waals surface area contributed by atoms with Crippen molar-refractivity contribution in [3.05, 3.63) is 51.2 Å². The molecule has 0 aliphatic rings.